The molecule has 8 nitrogen and oxygen atoms in total. The van der Waals surface area contributed by atoms with E-state index in [1.165, 1.54) is 6.33 Å². The van der Waals surface area contributed by atoms with Crippen LogP contribution < -0.4 is 16.4 Å². The monoisotopic (exact) mass is 364 g/mol. The van der Waals surface area contributed by atoms with Crippen molar-refractivity contribution in [3.8, 4) is 5.69 Å². The molecule has 0 aliphatic carbocycles. The third-order valence-electron chi connectivity index (χ3n) is 4.11. The molecule has 0 saturated carbocycles. The Hall–Kier alpha value is -3.68. The molecule has 0 saturated heterocycles. The zero-order valence-corrected chi connectivity index (χ0v) is 14.8. The zero-order valence-electron chi connectivity index (χ0n) is 14.8. The zero-order chi connectivity index (χ0) is 19.2. The smallest absolute Gasteiger partial charge is 0.312 e. The summed E-state index contributed by atoms with van der Waals surface area (Å²) in [5.41, 5.74) is 8.33. The van der Waals surface area contributed by atoms with Crippen molar-refractivity contribution in [1.82, 2.24) is 25.4 Å². The van der Waals surface area contributed by atoms with E-state index in [1.54, 1.807) is 35.3 Å². The Kier molecular flexibility index (Phi) is 5.46. The van der Waals surface area contributed by atoms with Gasteiger partial charge in [0.25, 0.3) is 5.91 Å². The van der Waals surface area contributed by atoms with Crippen molar-refractivity contribution >= 4 is 11.9 Å². The van der Waals surface area contributed by atoms with E-state index >= 15 is 0 Å². The molecular weight excluding hydrogens is 344 g/mol. The highest BCUT2D eigenvalue weighted by Gasteiger charge is 2.12. The standard InChI is InChI=1S/C19H20N6O2/c1-13(15-6-8-17(9-7-15)25-12-21-11-23-25)24-18(26)16-4-2-14(3-5-16)10-22-19(20)27/h2-9,11-13H,10H2,1H3,(H,24,26)(H3,20,22,27). The van der Waals surface area contributed by atoms with Crippen LogP contribution in [0, 0.1) is 0 Å². The van der Waals surface area contributed by atoms with Gasteiger partial charge >= 0.3 is 6.03 Å². The highest BCUT2D eigenvalue weighted by atomic mass is 16.2. The van der Waals surface area contributed by atoms with Gasteiger partial charge in [-0.1, -0.05) is 24.3 Å². The summed E-state index contributed by atoms with van der Waals surface area (Å²) < 4.78 is 1.67. The first-order valence-electron chi connectivity index (χ1n) is 8.41. The molecule has 3 amide bonds. The SMILES string of the molecule is CC(NC(=O)c1ccc(CNC(N)=O)cc1)c1ccc(-n2cncn2)cc1. The third-order valence-corrected chi connectivity index (χ3v) is 4.11. The van der Waals surface area contributed by atoms with Gasteiger partial charge in [-0.3, -0.25) is 4.79 Å². The summed E-state index contributed by atoms with van der Waals surface area (Å²) in [6.07, 6.45) is 3.11. The van der Waals surface area contributed by atoms with Crippen LogP contribution in [0.3, 0.4) is 0 Å². The van der Waals surface area contributed by atoms with E-state index in [2.05, 4.69) is 20.7 Å². The lowest BCUT2D eigenvalue weighted by molar-refractivity contribution is 0.0940. The molecule has 3 aromatic rings. The number of nitrogens with one attached hydrogen (secondary N) is 2. The number of benzene rings is 2. The minimum atomic E-state index is -0.583. The summed E-state index contributed by atoms with van der Waals surface area (Å²) in [6.45, 7) is 2.25. The Bertz CT molecular complexity index is 904. The fourth-order valence-corrected chi connectivity index (χ4v) is 2.58. The summed E-state index contributed by atoms with van der Waals surface area (Å²) in [7, 11) is 0. The van der Waals surface area contributed by atoms with Crippen LogP contribution >= 0.6 is 0 Å². The van der Waals surface area contributed by atoms with Crippen LogP contribution in [0.1, 0.15) is 34.5 Å². The number of amides is 3. The van der Waals surface area contributed by atoms with Gasteiger partial charge in [0.05, 0.1) is 11.7 Å². The first-order chi connectivity index (χ1) is 13.0. The van der Waals surface area contributed by atoms with Crippen LogP contribution in [-0.4, -0.2) is 26.7 Å². The maximum Gasteiger partial charge on any atom is 0.312 e. The van der Waals surface area contributed by atoms with Crippen molar-refractivity contribution in [3.63, 3.8) is 0 Å². The van der Waals surface area contributed by atoms with Gasteiger partial charge < -0.3 is 16.4 Å². The lowest BCUT2D eigenvalue weighted by Crippen LogP contribution is -2.28. The van der Waals surface area contributed by atoms with Gasteiger partial charge in [0.15, 0.2) is 0 Å². The Labute approximate surface area is 156 Å². The molecule has 0 aliphatic heterocycles. The van der Waals surface area contributed by atoms with Gasteiger partial charge in [0.1, 0.15) is 12.7 Å². The first-order valence-corrected chi connectivity index (χ1v) is 8.41. The van der Waals surface area contributed by atoms with Crippen molar-refractivity contribution in [2.75, 3.05) is 0 Å². The number of nitrogens with zero attached hydrogens (tertiary/aromatic N) is 3. The molecule has 1 atom stereocenters. The van der Waals surface area contributed by atoms with Gasteiger partial charge in [-0.2, -0.15) is 5.10 Å². The van der Waals surface area contributed by atoms with Crippen LogP contribution in [0.15, 0.2) is 61.2 Å². The second-order valence-electron chi connectivity index (χ2n) is 6.04. The molecule has 0 fully saturated rings. The fraction of sp³-hybridized carbons (Fsp3) is 0.158. The fourth-order valence-electron chi connectivity index (χ4n) is 2.58. The first kappa shape index (κ1) is 18.1. The summed E-state index contributed by atoms with van der Waals surface area (Å²) in [5.74, 6) is -0.169. The molecule has 138 valence electrons. The maximum absolute atomic E-state index is 12.4. The highest BCUT2D eigenvalue weighted by molar-refractivity contribution is 5.94. The number of primary amides is 1. The number of rotatable bonds is 6. The van der Waals surface area contributed by atoms with Crippen LogP contribution in [0.5, 0.6) is 0 Å². The minimum absolute atomic E-state index is 0.154. The Morgan fingerprint density at radius 2 is 1.81 bits per heavy atom. The maximum atomic E-state index is 12.4. The molecule has 3 rings (SSSR count). The molecule has 1 heterocycles. The molecule has 0 bridgehead atoms. The average molecular weight is 364 g/mol. The topological polar surface area (TPSA) is 115 Å². The summed E-state index contributed by atoms with van der Waals surface area (Å²) in [6, 6.07) is 14.0. The molecular formula is C19H20N6O2. The van der Waals surface area contributed by atoms with E-state index in [9.17, 15) is 9.59 Å². The van der Waals surface area contributed by atoms with Crippen LogP contribution in [-0.2, 0) is 6.54 Å². The molecule has 0 aliphatic rings. The normalized spacial score (nSPS) is 11.6. The Morgan fingerprint density at radius 1 is 1.11 bits per heavy atom. The number of urea groups is 1. The predicted molar refractivity (Wildman–Crippen MR) is 100 cm³/mol. The molecule has 27 heavy (non-hydrogen) atoms. The van der Waals surface area contributed by atoms with Gasteiger partial charge in [-0.15, -0.1) is 0 Å². The number of carbonyl (C=O) groups excluding carboxylic acids is 2. The number of aromatic nitrogens is 3. The summed E-state index contributed by atoms with van der Waals surface area (Å²) >= 11 is 0. The second-order valence-corrected chi connectivity index (χ2v) is 6.04. The van der Waals surface area contributed by atoms with Gasteiger partial charge in [0, 0.05) is 12.1 Å². The van der Waals surface area contributed by atoms with Gasteiger partial charge in [0.2, 0.25) is 0 Å². The number of nitrogens with two attached hydrogens (primary N) is 1. The largest absolute Gasteiger partial charge is 0.352 e. The van der Waals surface area contributed by atoms with Crippen LogP contribution in [0.2, 0.25) is 0 Å². The average Bonchev–Trinajstić information content (AvgIpc) is 3.21. The Morgan fingerprint density at radius 3 is 2.41 bits per heavy atom. The number of carbonyl (C=O) groups is 2. The molecule has 2 aromatic carbocycles. The number of hydrogen-bond acceptors (Lipinski definition) is 4. The molecule has 4 N–H and O–H groups in total. The van der Waals surface area contributed by atoms with E-state index in [0.717, 1.165) is 16.8 Å². The van der Waals surface area contributed by atoms with Crippen LogP contribution in [0.4, 0.5) is 4.79 Å². The minimum Gasteiger partial charge on any atom is -0.352 e. The van der Waals surface area contributed by atoms with E-state index in [4.69, 9.17) is 5.73 Å². The summed E-state index contributed by atoms with van der Waals surface area (Å²) in [4.78, 5) is 27.1. The second kappa shape index (κ2) is 8.13. The lowest BCUT2D eigenvalue weighted by atomic mass is 10.1. The van der Waals surface area contributed by atoms with Crippen LogP contribution in [0.25, 0.3) is 5.69 Å². The predicted octanol–water partition coefficient (Wildman–Crippen LogP) is 1.93. The van der Waals surface area contributed by atoms with Crippen molar-refractivity contribution in [1.29, 1.82) is 0 Å². The molecule has 8 heteroatoms. The lowest BCUT2D eigenvalue weighted by Gasteiger charge is -2.15. The van der Waals surface area contributed by atoms with Crippen molar-refractivity contribution in [2.24, 2.45) is 5.73 Å². The molecule has 0 spiro atoms. The molecule has 1 aromatic heterocycles. The Balaban J connectivity index is 1.60. The van der Waals surface area contributed by atoms with Crippen molar-refractivity contribution in [2.45, 2.75) is 19.5 Å². The summed E-state index contributed by atoms with van der Waals surface area (Å²) in [5, 5.41) is 9.56. The number of hydrogen-bond donors (Lipinski definition) is 3. The van der Waals surface area contributed by atoms with E-state index in [-0.39, 0.29) is 11.9 Å². The van der Waals surface area contributed by atoms with Gasteiger partial charge in [-0.25, -0.2) is 14.5 Å². The van der Waals surface area contributed by atoms with Crippen molar-refractivity contribution in [3.05, 3.63) is 77.9 Å². The van der Waals surface area contributed by atoms with E-state index in [1.807, 2.05) is 31.2 Å². The van der Waals surface area contributed by atoms with E-state index < -0.39 is 6.03 Å². The van der Waals surface area contributed by atoms with Crippen molar-refractivity contribution < 1.29 is 9.59 Å². The molecule has 0 radical (unpaired) electrons. The molecule has 1 unspecified atom stereocenters. The quantitative estimate of drug-likeness (QED) is 0.620. The highest BCUT2D eigenvalue weighted by Crippen LogP contribution is 2.16. The van der Waals surface area contributed by atoms with Gasteiger partial charge in [-0.05, 0) is 42.3 Å². The third kappa shape index (κ3) is 4.69. The van der Waals surface area contributed by atoms with E-state index in [0.29, 0.717) is 12.1 Å².